The fraction of sp³-hybridized carbons (Fsp3) is 0.538. The molecule has 0 bridgehead atoms. The Morgan fingerprint density at radius 1 is 1.50 bits per heavy atom. The SMILES string of the molecule is CN1CCSCC1C(O)Cc1cc(F)ccc1F. The second-order valence-electron chi connectivity index (χ2n) is 4.63. The molecule has 2 atom stereocenters. The molecule has 0 spiro atoms. The van der Waals surface area contributed by atoms with Crippen LogP contribution in [0.2, 0.25) is 0 Å². The van der Waals surface area contributed by atoms with Crippen molar-refractivity contribution in [1.29, 1.82) is 0 Å². The van der Waals surface area contributed by atoms with Crippen LogP contribution in [-0.2, 0) is 6.42 Å². The summed E-state index contributed by atoms with van der Waals surface area (Å²) >= 11 is 1.78. The van der Waals surface area contributed by atoms with E-state index < -0.39 is 17.7 Å². The Morgan fingerprint density at radius 3 is 3.00 bits per heavy atom. The molecule has 100 valence electrons. The predicted molar refractivity (Wildman–Crippen MR) is 69.8 cm³/mol. The summed E-state index contributed by atoms with van der Waals surface area (Å²) < 4.78 is 26.6. The summed E-state index contributed by atoms with van der Waals surface area (Å²) in [6.07, 6.45) is -0.516. The third-order valence-corrected chi connectivity index (χ3v) is 4.37. The molecule has 0 aromatic heterocycles. The minimum atomic E-state index is -0.668. The Balaban J connectivity index is 2.05. The molecule has 18 heavy (non-hydrogen) atoms. The Labute approximate surface area is 110 Å². The van der Waals surface area contributed by atoms with Crippen molar-refractivity contribution in [1.82, 2.24) is 4.90 Å². The lowest BCUT2D eigenvalue weighted by atomic mass is 10.0. The van der Waals surface area contributed by atoms with Crippen molar-refractivity contribution in [3.63, 3.8) is 0 Å². The quantitative estimate of drug-likeness (QED) is 0.910. The number of thioether (sulfide) groups is 1. The van der Waals surface area contributed by atoms with E-state index in [1.165, 1.54) is 0 Å². The largest absolute Gasteiger partial charge is 0.391 e. The van der Waals surface area contributed by atoms with Gasteiger partial charge in [0.05, 0.1) is 6.10 Å². The molecule has 1 N–H and O–H groups in total. The van der Waals surface area contributed by atoms with E-state index in [9.17, 15) is 13.9 Å². The van der Waals surface area contributed by atoms with Crippen molar-refractivity contribution in [2.75, 3.05) is 25.1 Å². The molecular weight excluding hydrogens is 256 g/mol. The first-order valence-corrected chi connectivity index (χ1v) is 7.13. The molecule has 0 amide bonds. The van der Waals surface area contributed by atoms with Gasteiger partial charge >= 0.3 is 0 Å². The molecule has 1 saturated heterocycles. The molecule has 1 fully saturated rings. The molecule has 0 saturated carbocycles. The number of halogens is 2. The Hall–Kier alpha value is -0.650. The van der Waals surface area contributed by atoms with E-state index in [0.29, 0.717) is 0 Å². The molecule has 1 aromatic rings. The van der Waals surface area contributed by atoms with E-state index in [-0.39, 0.29) is 18.0 Å². The fourth-order valence-corrected chi connectivity index (χ4v) is 3.47. The van der Waals surface area contributed by atoms with E-state index in [1.807, 2.05) is 7.05 Å². The summed E-state index contributed by atoms with van der Waals surface area (Å²) in [6, 6.07) is 3.37. The van der Waals surface area contributed by atoms with Crippen LogP contribution in [0.1, 0.15) is 5.56 Å². The first kappa shape index (κ1) is 13.8. The van der Waals surface area contributed by atoms with Crippen LogP contribution < -0.4 is 0 Å². The van der Waals surface area contributed by atoms with Gasteiger partial charge in [0.1, 0.15) is 11.6 Å². The molecule has 2 unspecified atom stereocenters. The minimum Gasteiger partial charge on any atom is -0.391 e. The lowest BCUT2D eigenvalue weighted by molar-refractivity contribution is 0.0756. The number of nitrogens with zero attached hydrogens (tertiary/aromatic N) is 1. The van der Waals surface area contributed by atoms with Gasteiger partial charge in [-0.25, -0.2) is 8.78 Å². The number of rotatable bonds is 3. The van der Waals surface area contributed by atoms with Crippen LogP contribution in [0.15, 0.2) is 18.2 Å². The lowest BCUT2D eigenvalue weighted by Crippen LogP contribution is -2.47. The standard InChI is InChI=1S/C13H17F2NOS/c1-16-4-5-18-8-12(16)13(17)7-9-6-10(14)2-3-11(9)15/h2-3,6,12-13,17H,4-5,7-8H2,1H3. The molecule has 1 aliphatic rings. The number of aliphatic hydroxyl groups is 1. The van der Waals surface area contributed by atoms with Gasteiger partial charge in [-0.05, 0) is 30.8 Å². The summed E-state index contributed by atoms with van der Waals surface area (Å²) in [5, 5.41) is 10.2. The average Bonchev–Trinajstić information content (AvgIpc) is 2.34. The summed E-state index contributed by atoms with van der Waals surface area (Å²) in [6.45, 7) is 0.915. The van der Waals surface area contributed by atoms with E-state index >= 15 is 0 Å². The van der Waals surface area contributed by atoms with Crippen molar-refractivity contribution in [2.45, 2.75) is 18.6 Å². The van der Waals surface area contributed by atoms with Gasteiger partial charge in [0, 0.05) is 30.5 Å². The lowest BCUT2D eigenvalue weighted by Gasteiger charge is -2.35. The maximum atomic E-state index is 13.5. The van der Waals surface area contributed by atoms with Crippen molar-refractivity contribution >= 4 is 11.8 Å². The van der Waals surface area contributed by atoms with Gasteiger partial charge in [-0.2, -0.15) is 11.8 Å². The van der Waals surface area contributed by atoms with Gasteiger partial charge in [-0.3, -0.25) is 4.90 Å². The summed E-state index contributed by atoms with van der Waals surface area (Å²) in [5.41, 5.74) is 0.242. The first-order chi connectivity index (χ1) is 8.58. The fourth-order valence-electron chi connectivity index (χ4n) is 2.17. The van der Waals surface area contributed by atoms with Crippen LogP contribution in [-0.4, -0.2) is 47.3 Å². The van der Waals surface area contributed by atoms with Crippen molar-refractivity contribution in [3.05, 3.63) is 35.4 Å². The molecule has 5 heteroatoms. The molecule has 0 radical (unpaired) electrons. The van der Waals surface area contributed by atoms with Crippen LogP contribution in [0.25, 0.3) is 0 Å². The monoisotopic (exact) mass is 273 g/mol. The number of hydrogen-bond acceptors (Lipinski definition) is 3. The minimum absolute atomic E-state index is 0.00594. The Bertz CT molecular complexity index is 416. The molecule has 0 aliphatic carbocycles. The van der Waals surface area contributed by atoms with Crippen LogP contribution >= 0.6 is 11.8 Å². The van der Waals surface area contributed by atoms with E-state index in [2.05, 4.69) is 4.90 Å². The molecule has 1 aliphatic heterocycles. The number of hydrogen-bond donors (Lipinski definition) is 1. The third kappa shape index (κ3) is 3.22. The second kappa shape index (κ2) is 5.99. The maximum absolute atomic E-state index is 13.5. The number of benzene rings is 1. The summed E-state index contributed by atoms with van der Waals surface area (Å²) in [7, 11) is 1.95. The summed E-state index contributed by atoms with van der Waals surface area (Å²) in [4.78, 5) is 2.08. The number of aliphatic hydroxyl groups excluding tert-OH is 1. The normalized spacial score (nSPS) is 23.0. The Morgan fingerprint density at radius 2 is 2.28 bits per heavy atom. The zero-order valence-electron chi connectivity index (χ0n) is 10.3. The van der Waals surface area contributed by atoms with E-state index in [4.69, 9.17) is 0 Å². The van der Waals surface area contributed by atoms with Crippen LogP contribution in [0.5, 0.6) is 0 Å². The zero-order valence-corrected chi connectivity index (χ0v) is 11.1. The van der Waals surface area contributed by atoms with E-state index in [0.717, 1.165) is 36.2 Å². The van der Waals surface area contributed by atoms with Crippen molar-refractivity contribution in [3.8, 4) is 0 Å². The summed E-state index contributed by atoms with van der Waals surface area (Å²) in [5.74, 6) is 0.953. The molecule has 1 heterocycles. The highest BCUT2D eigenvalue weighted by Gasteiger charge is 2.27. The smallest absolute Gasteiger partial charge is 0.126 e. The van der Waals surface area contributed by atoms with Gasteiger partial charge in [-0.1, -0.05) is 0 Å². The third-order valence-electron chi connectivity index (χ3n) is 3.32. The number of likely N-dealkylation sites (N-methyl/N-ethyl adjacent to an activating group) is 1. The molecule has 2 rings (SSSR count). The highest BCUT2D eigenvalue weighted by Crippen LogP contribution is 2.21. The maximum Gasteiger partial charge on any atom is 0.126 e. The van der Waals surface area contributed by atoms with Crippen molar-refractivity contribution in [2.24, 2.45) is 0 Å². The van der Waals surface area contributed by atoms with Crippen molar-refractivity contribution < 1.29 is 13.9 Å². The predicted octanol–water partition coefficient (Wildman–Crippen LogP) is 1.92. The van der Waals surface area contributed by atoms with Gasteiger partial charge in [0.25, 0.3) is 0 Å². The van der Waals surface area contributed by atoms with E-state index in [1.54, 1.807) is 11.8 Å². The van der Waals surface area contributed by atoms with Gasteiger partial charge in [0.15, 0.2) is 0 Å². The molecule has 1 aromatic carbocycles. The highest BCUT2D eigenvalue weighted by molar-refractivity contribution is 7.99. The van der Waals surface area contributed by atoms with Gasteiger partial charge < -0.3 is 5.11 Å². The molecular formula is C13H17F2NOS. The van der Waals surface area contributed by atoms with Gasteiger partial charge in [-0.15, -0.1) is 0 Å². The van der Waals surface area contributed by atoms with Crippen LogP contribution in [0.4, 0.5) is 8.78 Å². The molecule has 2 nitrogen and oxygen atoms in total. The second-order valence-corrected chi connectivity index (χ2v) is 5.78. The average molecular weight is 273 g/mol. The Kier molecular flexibility index (Phi) is 4.59. The van der Waals surface area contributed by atoms with Crippen LogP contribution in [0.3, 0.4) is 0 Å². The zero-order chi connectivity index (χ0) is 13.1. The van der Waals surface area contributed by atoms with Crippen LogP contribution in [0, 0.1) is 11.6 Å². The first-order valence-electron chi connectivity index (χ1n) is 5.98. The van der Waals surface area contributed by atoms with Gasteiger partial charge in [0.2, 0.25) is 0 Å². The highest BCUT2D eigenvalue weighted by atomic mass is 32.2. The topological polar surface area (TPSA) is 23.5 Å².